The first-order chi connectivity index (χ1) is 10.4. The molecule has 0 amide bonds. The minimum atomic E-state index is -2.49. The molecular formula is C16H20N+. The van der Waals surface area contributed by atoms with Gasteiger partial charge >= 0.3 is 0 Å². The van der Waals surface area contributed by atoms with Gasteiger partial charge in [-0.25, -0.2) is 0 Å². The van der Waals surface area contributed by atoms with E-state index in [9.17, 15) is 0 Å². The third-order valence-electron chi connectivity index (χ3n) is 3.20. The lowest BCUT2D eigenvalue weighted by Gasteiger charge is -2.09. The summed E-state index contributed by atoms with van der Waals surface area (Å²) in [7, 11) is 1.76. The fraction of sp³-hybridized carbons (Fsp3) is 0.312. The van der Waals surface area contributed by atoms with Crippen molar-refractivity contribution in [3.8, 4) is 11.3 Å². The predicted octanol–water partition coefficient (Wildman–Crippen LogP) is 3.41. The van der Waals surface area contributed by atoms with Gasteiger partial charge in [0.1, 0.15) is 7.05 Å². The van der Waals surface area contributed by atoms with E-state index in [0.717, 1.165) is 11.1 Å². The third-order valence-corrected chi connectivity index (χ3v) is 3.20. The van der Waals surface area contributed by atoms with Crippen molar-refractivity contribution in [2.45, 2.75) is 27.6 Å². The Hall–Kier alpha value is -1.63. The minimum absolute atomic E-state index is 0.0858. The maximum Gasteiger partial charge on any atom is 0.212 e. The molecule has 0 atom stereocenters. The summed E-state index contributed by atoms with van der Waals surface area (Å²) in [5.74, 6) is 0. The summed E-state index contributed by atoms with van der Waals surface area (Å²) in [5, 5.41) is 0. The van der Waals surface area contributed by atoms with Gasteiger partial charge in [-0.1, -0.05) is 18.2 Å². The highest BCUT2D eigenvalue weighted by molar-refractivity contribution is 5.61. The topological polar surface area (TPSA) is 3.88 Å². The Morgan fingerprint density at radius 2 is 1.82 bits per heavy atom. The normalized spacial score (nSPS) is 17.4. The van der Waals surface area contributed by atoms with Crippen LogP contribution in [0.5, 0.6) is 0 Å². The summed E-state index contributed by atoms with van der Waals surface area (Å²) in [5.41, 5.74) is 2.83. The Kier molecular flexibility index (Phi) is 1.61. The number of hydrogen-bond acceptors (Lipinski definition) is 0. The van der Waals surface area contributed by atoms with Gasteiger partial charge in [0.25, 0.3) is 0 Å². The van der Waals surface area contributed by atoms with E-state index in [4.69, 9.17) is 8.22 Å². The fourth-order valence-corrected chi connectivity index (χ4v) is 1.97. The van der Waals surface area contributed by atoms with Crippen molar-refractivity contribution in [2.24, 2.45) is 7.05 Å². The summed E-state index contributed by atoms with van der Waals surface area (Å²) in [6.45, 7) is -1.37. The zero-order valence-corrected chi connectivity index (χ0v) is 10.3. The average molecular weight is 232 g/mol. The molecule has 0 aliphatic rings. The van der Waals surface area contributed by atoms with Crippen LogP contribution in [0.1, 0.15) is 30.6 Å². The molecule has 0 unspecified atom stereocenters. The predicted molar refractivity (Wildman–Crippen MR) is 72.0 cm³/mol. The van der Waals surface area contributed by atoms with Gasteiger partial charge in [-0.3, -0.25) is 0 Å². The molecule has 0 N–H and O–H groups in total. The summed E-state index contributed by atoms with van der Waals surface area (Å²) in [6.07, 6.45) is 0. The third kappa shape index (κ3) is 1.97. The van der Waals surface area contributed by atoms with Crippen LogP contribution in [0, 0.1) is 27.6 Å². The number of benzene rings is 1. The molecule has 0 bridgehead atoms. The number of hydrogen-bond donors (Lipinski definition) is 0. The lowest BCUT2D eigenvalue weighted by atomic mass is 10.0. The van der Waals surface area contributed by atoms with Crippen LogP contribution < -0.4 is 4.57 Å². The Morgan fingerprint density at radius 3 is 2.47 bits per heavy atom. The molecule has 0 fully saturated rings. The number of aromatic nitrogens is 1. The second kappa shape index (κ2) is 4.33. The molecule has 0 aliphatic heterocycles. The number of aryl methyl sites for hydroxylation is 2. The molecular weight excluding hydrogens is 206 g/mol. The number of rotatable bonds is 1. The smallest absolute Gasteiger partial charge is 0.198 e. The van der Waals surface area contributed by atoms with E-state index in [2.05, 4.69) is 0 Å². The molecule has 1 heterocycles. The fourth-order valence-electron chi connectivity index (χ4n) is 1.97. The molecule has 2 aromatic rings. The standard InChI is InChI=1S/C16H20N/c1-11-8-6-7-9-15(11)16-10-12(2)13(3)14(4)17(16)5/h6-10H,1-5H3/q+1/i2D3,3D3. The van der Waals surface area contributed by atoms with E-state index >= 15 is 0 Å². The van der Waals surface area contributed by atoms with Crippen LogP contribution in [0.15, 0.2) is 30.3 Å². The Labute approximate surface area is 112 Å². The van der Waals surface area contributed by atoms with Gasteiger partial charge in [-0.15, -0.1) is 0 Å². The van der Waals surface area contributed by atoms with E-state index in [0.29, 0.717) is 11.4 Å². The van der Waals surface area contributed by atoms with Crippen LogP contribution >= 0.6 is 0 Å². The first kappa shape index (κ1) is 6.34. The van der Waals surface area contributed by atoms with E-state index < -0.39 is 13.7 Å². The lowest BCUT2D eigenvalue weighted by molar-refractivity contribution is -0.667. The van der Waals surface area contributed by atoms with Gasteiger partial charge in [0.2, 0.25) is 5.69 Å². The van der Waals surface area contributed by atoms with Crippen molar-refractivity contribution in [2.75, 3.05) is 0 Å². The molecule has 1 aromatic heterocycles. The van der Waals surface area contributed by atoms with Gasteiger partial charge in [0, 0.05) is 32.3 Å². The van der Waals surface area contributed by atoms with Crippen LogP contribution in [-0.4, -0.2) is 0 Å². The maximum atomic E-state index is 7.75. The summed E-state index contributed by atoms with van der Waals surface area (Å²) in [6, 6.07) is 9.13. The van der Waals surface area contributed by atoms with Crippen LogP contribution in [0.25, 0.3) is 11.3 Å². The van der Waals surface area contributed by atoms with Gasteiger partial charge in [0.15, 0.2) is 5.69 Å². The van der Waals surface area contributed by atoms with Crippen LogP contribution in [0.3, 0.4) is 0 Å². The maximum absolute atomic E-state index is 7.75. The van der Waals surface area contributed by atoms with Crippen molar-refractivity contribution < 1.29 is 12.8 Å². The van der Waals surface area contributed by atoms with Gasteiger partial charge in [-0.05, 0) is 37.8 Å². The van der Waals surface area contributed by atoms with E-state index in [1.165, 1.54) is 6.07 Å². The number of pyridine rings is 1. The van der Waals surface area contributed by atoms with Crippen molar-refractivity contribution in [1.82, 2.24) is 0 Å². The average Bonchev–Trinajstić information content (AvgIpc) is 2.39. The largest absolute Gasteiger partial charge is 0.212 e. The molecule has 1 aromatic carbocycles. The highest BCUT2D eigenvalue weighted by atomic mass is 14.9. The summed E-state index contributed by atoms with van der Waals surface area (Å²) >= 11 is 0. The van der Waals surface area contributed by atoms with Crippen LogP contribution in [0.4, 0.5) is 0 Å². The minimum Gasteiger partial charge on any atom is -0.198 e. The summed E-state index contributed by atoms with van der Waals surface area (Å²) < 4.78 is 48.1. The second-order valence-corrected chi connectivity index (χ2v) is 4.28. The Morgan fingerprint density at radius 1 is 1.06 bits per heavy atom. The van der Waals surface area contributed by atoms with E-state index in [1.807, 2.05) is 31.2 Å². The zero-order chi connectivity index (χ0) is 17.6. The Bertz CT molecular complexity index is 743. The van der Waals surface area contributed by atoms with Crippen molar-refractivity contribution in [3.63, 3.8) is 0 Å². The van der Waals surface area contributed by atoms with Crippen LogP contribution in [-0.2, 0) is 7.05 Å². The molecule has 1 heteroatoms. The SMILES string of the molecule is [2H]C([2H])([2H])c1cc(-c2ccccc2C)[n+](C)c(C)c1C([2H])([2H])[2H]. The van der Waals surface area contributed by atoms with Crippen molar-refractivity contribution >= 4 is 0 Å². The number of nitrogens with zero attached hydrogens (tertiary/aromatic N) is 1. The molecule has 1 nitrogen and oxygen atoms in total. The Balaban J connectivity index is 2.89. The summed E-state index contributed by atoms with van der Waals surface area (Å²) in [4.78, 5) is 0. The molecule has 0 aliphatic carbocycles. The van der Waals surface area contributed by atoms with Gasteiger partial charge < -0.3 is 0 Å². The first-order valence-electron chi connectivity index (χ1n) is 8.55. The zero-order valence-electron chi connectivity index (χ0n) is 16.3. The van der Waals surface area contributed by atoms with E-state index in [1.54, 1.807) is 18.5 Å². The molecule has 0 radical (unpaired) electrons. The highest BCUT2D eigenvalue weighted by Crippen LogP contribution is 2.22. The second-order valence-electron chi connectivity index (χ2n) is 4.28. The quantitative estimate of drug-likeness (QED) is 0.663. The monoisotopic (exact) mass is 232 g/mol. The molecule has 0 saturated heterocycles. The molecule has 0 saturated carbocycles. The van der Waals surface area contributed by atoms with Crippen LogP contribution in [0.2, 0.25) is 0 Å². The van der Waals surface area contributed by atoms with Gasteiger partial charge in [-0.2, -0.15) is 4.57 Å². The molecule has 2 rings (SSSR count). The van der Waals surface area contributed by atoms with Crippen molar-refractivity contribution in [1.29, 1.82) is 0 Å². The van der Waals surface area contributed by atoms with E-state index in [-0.39, 0.29) is 11.1 Å². The molecule has 88 valence electrons. The molecule has 0 spiro atoms. The highest BCUT2D eigenvalue weighted by Gasteiger charge is 2.17. The lowest BCUT2D eigenvalue weighted by Crippen LogP contribution is -2.36. The molecule has 17 heavy (non-hydrogen) atoms. The van der Waals surface area contributed by atoms with Gasteiger partial charge in [0.05, 0.1) is 0 Å². The van der Waals surface area contributed by atoms with Crippen molar-refractivity contribution in [3.05, 3.63) is 52.7 Å². The first-order valence-corrected chi connectivity index (χ1v) is 5.55.